The van der Waals surface area contributed by atoms with Crippen LogP contribution in [0.4, 0.5) is 0 Å². The molecule has 1 N–H and O–H groups in total. The Morgan fingerprint density at radius 2 is 1.92 bits per heavy atom. The van der Waals surface area contributed by atoms with E-state index in [2.05, 4.69) is 4.99 Å². The molecule has 2 aromatic carbocycles. The zero-order chi connectivity index (χ0) is 17.8. The molecule has 0 radical (unpaired) electrons. The molecule has 0 saturated heterocycles. The van der Waals surface area contributed by atoms with E-state index in [4.69, 9.17) is 26.2 Å². The monoisotopic (exact) mass is 357 g/mol. The molecular formula is C18H12ClNO5. The van der Waals surface area contributed by atoms with Crippen LogP contribution in [-0.4, -0.2) is 29.5 Å². The highest BCUT2D eigenvalue weighted by Gasteiger charge is 2.25. The number of nitrogens with zero attached hydrogens (tertiary/aromatic N) is 1. The second kappa shape index (κ2) is 7.19. The number of hydrogen-bond donors (Lipinski definition) is 1. The van der Waals surface area contributed by atoms with E-state index >= 15 is 0 Å². The number of carboxylic acid groups (broad SMARTS) is 1. The van der Waals surface area contributed by atoms with Gasteiger partial charge in [-0.3, -0.25) is 0 Å². The largest absolute Gasteiger partial charge is 0.482 e. The molecule has 25 heavy (non-hydrogen) atoms. The fourth-order valence-electron chi connectivity index (χ4n) is 2.12. The first kappa shape index (κ1) is 16.7. The number of carbonyl (C=O) groups is 2. The van der Waals surface area contributed by atoms with E-state index in [-0.39, 0.29) is 11.6 Å². The molecule has 7 heteroatoms. The molecule has 0 aromatic heterocycles. The molecule has 0 amide bonds. The second-order valence-electron chi connectivity index (χ2n) is 5.07. The molecule has 0 atom stereocenters. The molecule has 0 bridgehead atoms. The number of cyclic esters (lactones) is 1. The van der Waals surface area contributed by atoms with Crippen molar-refractivity contribution in [2.75, 3.05) is 6.61 Å². The zero-order valence-electron chi connectivity index (χ0n) is 12.8. The third-order valence-corrected chi connectivity index (χ3v) is 3.60. The van der Waals surface area contributed by atoms with Crippen LogP contribution >= 0.6 is 11.6 Å². The Balaban J connectivity index is 1.80. The van der Waals surface area contributed by atoms with Crippen molar-refractivity contribution in [1.29, 1.82) is 0 Å². The van der Waals surface area contributed by atoms with E-state index in [0.29, 0.717) is 21.9 Å². The van der Waals surface area contributed by atoms with Gasteiger partial charge in [0.25, 0.3) is 0 Å². The molecule has 1 aliphatic heterocycles. The van der Waals surface area contributed by atoms with E-state index in [1.165, 1.54) is 0 Å². The highest BCUT2D eigenvalue weighted by molar-refractivity contribution is 6.34. The van der Waals surface area contributed by atoms with Gasteiger partial charge in [0.1, 0.15) is 5.75 Å². The Kier molecular flexibility index (Phi) is 4.81. The summed E-state index contributed by atoms with van der Waals surface area (Å²) in [6, 6.07) is 13.5. The molecule has 0 aliphatic carbocycles. The van der Waals surface area contributed by atoms with Gasteiger partial charge in [0, 0.05) is 0 Å². The van der Waals surface area contributed by atoms with E-state index in [1.807, 2.05) is 0 Å². The predicted molar refractivity (Wildman–Crippen MR) is 91.6 cm³/mol. The van der Waals surface area contributed by atoms with Crippen LogP contribution in [0.3, 0.4) is 0 Å². The third-order valence-electron chi connectivity index (χ3n) is 3.27. The molecule has 1 heterocycles. The van der Waals surface area contributed by atoms with Crippen LogP contribution < -0.4 is 4.74 Å². The quantitative estimate of drug-likeness (QED) is 0.656. The number of rotatable bonds is 5. The summed E-state index contributed by atoms with van der Waals surface area (Å²) in [5, 5.41) is 9.02. The van der Waals surface area contributed by atoms with Crippen LogP contribution in [0.5, 0.6) is 5.75 Å². The Bertz CT molecular complexity index is 887. The average Bonchev–Trinajstić information content (AvgIpc) is 2.95. The van der Waals surface area contributed by atoms with Gasteiger partial charge in [-0.05, 0) is 35.9 Å². The van der Waals surface area contributed by atoms with Crippen molar-refractivity contribution in [3.8, 4) is 5.75 Å². The van der Waals surface area contributed by atoms with Crippen molar-refractivity contribution < 1.29 is 24.2 Å². The topological polar surface area (TPSA) is 85.2 Å². The maximum atomic E-state index is 12.0. The van der Waals surface area contributed by atoms with Gasteiger partial charge in [-0.1, -0.05) is 35.9 Å². The number of hydrogen-bond acceptors (Lipinski definition) is 5. The van der Waals surface area contributed by atoms with Crippen molar-refractivity contribution in [2.24, 2.45) is 4.99 Å². The van der Waals surface area contributed by atoms with Crippen LogP contribution in [0.1, 0.15) is 11.1 Å². The Morgan fingerprint density at radius 3 is 2.60 bits per heavy atom. The minimum absolute atomic E-state index is 0.147. The number of aliphatic imine (C=N–C) groups is 1. The van der Waals surface area contributed by atoms with Crippen LogP contribution in [0.15, 0.2) is 59.2 Å². The van der Waals surface area contributed by atoms with Crippen molar-refractivity contribution in [1.82, 2.24) is 0 Å². The number of ether oxygens (including phenoxy) is 2. The van der Waals surface area contributed by atoms with E-state index < -0.39 is 18.5 Å². The number of aliphatic carboxylic acids is 1. The lowest BCUT2D eigenvalue weighted by molar-refractivity contribution is -0.139. The first-order valence-electron chi connectivity index (χ1n) is 7.25. The molecule has 0 spiro atoms. The summed E-state index contributed by atoms with van der Waals surface area (Å²) in [6.45, 7) is -0.418. The molecule has 2 aromatic rings. The molecule has 0 fully saturated rings. The third kappa shape index (κ3) is 4.05. The van der Waals surface area contributed by atoms with Crippen LogP contribution in [0.25, 0.3) is 6.08 Å². The van der Waals surface area contributed by atoms with E-state index in [9.17, 15) is 9.59 Å². The van der Waals surface area contributed by atoms with Crippen LogP contribution in [-0.2, 0) is 14.3 Å². The van der Waals surface area contributed by atoms with Crippen molar-refractivity contribution in [3.05, 3.63) is 70.4 Å². The normalized spacial score (nSPS) is 15.0. The minimum atomic E-state index is -1.05. The highest BCUT2D eigenvalue weighted by atomic mass is 35.5. The Hall–Kier alpha value is -3.12. The standard InChI is InChI=1S/C18H12ClNO5/c19-14-4-2-1-3-13(14)17-20-15(18(23)25-17)9-11-5-7-12(8-6-11)24-10-16(21)22/h1-9H,10H2,(H,21,22)/b15-9+. The smallest absolute Gasteiger partial charge is 0.363 e. The van der Waals surface area contributed by atoms with Crippen molar-refractivity contribution in [3.63, 3.8) is 0 Å². The molecule has 3 rings (SSSR count). The fourth-order valence-corrected chi connectivity index (χ4v) is 2.34. The van der Waals surface area contributed by atoms with Gasteiger partial charge >= 0.3 is 11.9 Å². The SMILES string of the molecule is O=C(O)COc1ccc(/C=C2/N=C(c3ccccc3Cl)OC2=O)cc1. The summed E-state index contributed by atoms with van der Waals surface area (Å²) in [7, 11) is 0. The van der Waals surface area contributed by atoms with Gasteiger partial charge in [0.15, 0.2) is 12.3 Å². The van der Waals surface area contributed by atoms with Crippen LogP contribution in [0, 0.1) is 0 Å². The number of benzene rings is 2. The summed E-state index contributed by atoms with van der Waals surface area (Å²) in [6.07, 6.45) is 1.56. The van der Waals surface area contributed by atoms with E-state index in [0.717, 1.165) is 0 Å². The maximum Gasteiger partial charge on any atom is 0.363 e. The van der Waals surface area contributed by atoms with Gasteiger partial charge < -0.3 is 14.6 Å². The van der Waals surface area contributed by atoms with Crippen LogP contribution in [0.2, 0.25) is 5.02 Å². The minimum Gasteiger partial charge on any atom is -0.482 e. The van der Waals surface area contributed by atoms with Gasteiger partial charge in [0.2, 0.25) is 5.90 Å². The molecule has 6 nitrogen and oxygen atoms in total. The van der Waals surface area contributed by atoms with Crippen molar-refractivity contribution in [2.45, 2.75) is 0 Å². The second-order valence-corrected chi connectivity index (χ2v) is 5.47. The lowest BCUT2D eigenvalue weighted by atomic mass is 10.2. The van der Waals surface area contributed by atoms with Gasteiger partial charge in [-0.25, -0.2) is 14.6 Å². The van der Waals surface area contributed by atoms with Gasteiger partial charge in [0.05, 0.1) is 10.6 Å². The molecule has 0 unspecified atom stereocenters. The highest BCUT2D eigenvalue weighted by Crippen LogP contribution is 2.24. The maximum absolute atomic E-state index is 12.0. The Morgan fingerprint density at radius 1 is 1.20 bits per heavy atom. The average molecular weight is 358 g/mol. The van der Waals surface area contributed by atoms with Gasteiger partial charge in [-0.15, -0.1) is 0 Å². The summed E-state index contributed by atoms with van der Waals surface area (Å²) in [4.78, 5) is 26.6. The first-order chi connectivity index (χ1) is 12.0. The zero-order valence-corrected chi connectivity index (χ0v) is 13.6. The summed E-state index contributed by atoms with van der Waals surface area (Å²) in [5.41, 5.74) is 1.38. The number of carboxylic acids is 1. The fraction of sp³-hybridized carbons (Fsp3) is 0.0556. The van der Waals surface area contributed by atoms with Gasteiger partial charge in [-0.2, -0.15) is 0 Å². The van der Waals surface area contributed by atoms with E-state index in [1.54, 1.807) is 54.6 Å². The molecule has 0 saturated carbocycles. The summed E-state index contributed by atoms with van der Waals surface area (Å²) >= 11 is 6.08. The van der Waals surface area contributed by atoms with Crippen molar-refractivity contribution >= 4 is 35.5 Å². The number of carbonyl (C=O) groups excluding carboxylic acids is 1. The predicted octanol–water partition coefficient (Wildman–Crippen LogP) is 3.15. The Labute approximate surface area is 148 Å². The lowest BCUT2D eigenvalue weighted by Gasteiger charge is -2.02. The lowest BCUT2D eigenvalue weighted by Crippen LogP contribution is -2.09. The first-order valence-corrected chi connectivity index (χ1v) is 7.63. The molecule has 126 valence electrons. The summed E-state index contributed by atoms with van der Waals surface area (Å²) < 4.78 is 10.2. The number of esters is 1. The summed E-state index contributed by atoms with van der Waals surface area (Å²) in [5.74, 6) is -1.05. The molecular weight excluding hydrogens is 346 g/mol. The number of halogens is 1. The molecule has 1 aliphatic rings.